The first kappa shape index (κ1) is 20.6. The van der Waals surface area contributed by atoms with Gasteiger partial charge in [0.2, 0.25) is 0 Å². The zero-order valence-corrected chi connectivity index (χ0v) is 17.5. The molecule has 0 aliphatic carbocycles. The Morgan fingerprint density at radius 2 is 1.85 bits per heavy atom. The summed E-state index contributed by atoms with van der Waals surface area (Å²) in [5.74, 6) is -1.65. The molecule has 6 nitrogen and oxygen atoms in total. The number of amides is 1. The van der Waals surface area contributed by atoms with Gasteiger partial charge in [-0.2, -0.15) is 0 Å². The van der Waals surface area contributed by atoms with Crippen LogP contribution in [0.1, 0.15) is 21.7 Å². The molecule has 4 aromatic heterocycles. The average Bonchev–Trinajstić information content (AvgIpc) is 3.45. The molecule has 164 valence electrons. The zero-order chi connectivity index (χ0) is 22.8. The average molecular weight is 443 g/mol. The minimum atomic E-state index is -0.952. The Balaban J connectivity index is 1.41. The van der Waals surface area contributed by atoms with Gasteiger partial charge in [-0.25, -0.2) is 13.8 Å². The maximum Gasteiger partial charge on any atom is 0.272 e. The molecule has 0 aliphatic heterocycles. The maximum absolute atomic E-state index is 13.5. The lowest BCUT2D eigenvalue weighted by Gasteiger charge is -2.04. The Bertz CT molecular complexity index is 1440. The van der Waals surface area contributed by atoms with Crippen LogP contribution < -0.4 is 5.32 Å². The summed E-state index contributed by atoms with van der Waals surface area (Å²) >= 11 is 0. The van der Waals surface area contributed by atoms with Crippen molar-refractivity contribution >= 4 is 11.4 Å². The molecule has 8 heteroatoms. The second-order valence-electron chi connectivity index (χ2n) is 7.56. The van der Waals surface area contributed by atoms with Crippen LogP contribution in [0.5, 0.6) is 0 Å². The highest BCUT2D eigenvalue weighted by molar-refractivity contribution is 6.00. The lowest BCUT2D eigenvalue weighted by atomic mass is 10.2. The van der Waals surface area contributed by atoms with Gasteiger partial charge < -0.3 is 9.88 Å². The third-order valence-electron chi connectivity index (χ3n) is 5.28. The Hall–Kier alpha value is -4.33. The van der Waals surface area contributed by atoms with Crippen LogP contribution in [0.2, 0.25) is 0 Å². The molecule has 1 N–H and O–H groups in total. The monoisotopic (exact) mass is 443 g/mol. The maximum atomic E-state index is 13.5. The third-order valence-corrected chi connectivity index (χ3v) is 5.28. The number of carbonyl (C=O) groups is 1. The fraction of sp³-hybridized carbons (Fsp3) is 0.0800. The first-order valence-corrected chi connectivity index (χ1v) is 10.3. The van der Waals surface area contributed by atoms with Crippen molar-refractivity contribution in [2.75, 3.05) is 0 Å². The number of rotatable bonds is 6. The number of fused-ring (bicyclic) bond motifs is 1. The number of pyridine rings is 2. The molecule has 4 heterocycles. The van der Waals surface area contributed by atoms with Crippen LogP contribution >= 0.6 is 0 Å². The summed E-state index contributed by atoms with van der Waals surface area (Å²) in [7, 11) is 0. The quantitative estimate of drug-likeness (QED) is 0.422. The highest BCUT2D eigenvalue weighted by atomic mass is 19.2. The highest BCUT2D eigenvalue weighted by Crippen LogP contribution is 2.24. The predicted molar refractivity (Wildman–Crippen MR) is 119 cm³/mol. The van der Waals surface area contributed by atoms with Crippen molar-refractivity contribution in [3.63, 3.8) is 0 Å². The SMILES string of the molecule is O=C(NCc1ccc(F)c(F)c1)c1nc(-c2ccn(Cc3ccccn3)c2)n2ccccc12. The molecule has 0 aliphatic rings. The largest absolute Gasteiger partial charge is 0.348 e. The van der Waals surface area contributed by atoms with Crippen molar-refractivity contribution < 1.29 is 13.6 Å². The van der Waals surface area contributed by atoms with Gasteiger partial charge in [-0.3, -0.25) is 14.2 Å². The number of benzene rings is 1. The van der Waals surface area contributed by atoms with E-state index in [1.807, 2.05) is 70.0 Å². The molecule has 0 saturated heterocycles. The predicted octanol–water partition coefficient (Wildman–Crippen LogP) is 4.45. The Morgan fingerprint density at radius 3 is 2.67 bits per heavy atom. The Morgan fingerprint density at radius 1 is 0.970 bits per heavy atom. The van der Waals surface area contributed by atoms with Crippen LogP contribution in [0, 0.1) is 11.6 Å². The summed E-state index contributed by atoms with van der Waals surface area (Å²) in [6.07, 6.45) is 7.50. The van der Waals surface area contributed by atoms with Gasteiger partial charge in [-0.1, -0.05) is 18.2 Å². The van der Waals surface area contributed by atoms with Gasteiger partial charge in [0.1, 0.15) is 5.82 Å². The second kappa shape index (κ2) is 8.66. The molecular formula is C25H19F2N5O. The van der Waals surface area contributed by atoms with Crippen molar-refractivity contribution in [3.05, 3.63) is 114 Å². The molecule has 5 rings (SSSR count). The summed E-state index contributed by atoms with van der Waals surface area (Å²) in [4.78, 5) is 21.9. The van der Waals surface area contributed by atoms with E-state index in [-0.39, 0.29) is 12.2 Å². The van der Waals surface area contributed by atoms with Crippen molar-refractivity contribution in [3.8, 4) is 11.4 Å². The molecule has 0 atom stereocenters. The van der Waals surface area contributed by atoms with Crippen LogP contribution in [0.15, 0.2) is 85.5 Å². The summed E-state index contributed by atoms with van der Waals surface area (Å²) in [6, 6.07) is 16.8. The topological polar surface area (TPSA) is 64.2 Å². The molecule has 0 saturated carbocycles. The molecule has 5 aromatic rings. The van der Waals surface area contributed by atoms with Crippen LogP contribution in [-0.2, 0) is 13.1 Å². The van der Waals surface area contributed by atoms with E-state index in [1.54, 1.807) is 6.20 Å². The first-order chi connectivity index (χ1) is 16.1. The zero-order valence-electron chi connectivity index (χ0n) is 17.5. The number of imidazole rings is 1. The smallest absolute Gasteiger partial charge is 0.272 e. The minimum Gasteiger partial charge on any atom is -0.348 e. The molecule has 0 fully saturated rings. The van der Waals surface area contributed by atoms with E-state index < -0.39 is 17.5 Å². The minimum absolute atomic E-state index is 0.0532. The number of nitrogens with zero attached hydrogens (tertiary/aromatic N) is 4. The van der Waals surface area contributed by atoms with Crippen molar-refractivity contribution in [1.29, 1.82) is 0 Å². The lowest BCUT2D eigenvalue weighted by molar-refractivity contribution is 0.0948. The Labute approximate surface area is 188 Å². The van der Waals surface area contributed by atoms with E-state index in [0.717, 1.165) is 23.4 Å². The van der Waals surface area contributed by atoms with Crippen molar-refractivity contribution in [2.24, 2.45) is 0 Å². The number of hydrogen-bond donors (Lipinski definition) is 1. The van der Waals surface area contributed by atoms with Gasteiger partial charge in [0.25, 0.3) is 5.91 Å². The van der Waals surface area contributed by atoms with E-state index in [4.69, 9.17) is 0 Å². The molecule has 33 heavy (non-hydrogen) atoms. The highest BCUT2D eigenvalue weighted by Gasteiger charge is 2.19. The number of nitrogens with one attached hydrogen (secondary N) is 1. The van der Waals surface area contributed by atoms with Crippen molar-refractivity contribution in [2.45, 2.75) is 13.1 Å². The molecular weight excluding hydrogens is 424 g/mol. The number of hydrogen-bond acceptors (Lipinski definition) is 3. The van der Waals surface area contributed by atoms with Gasteiger partial charge in [0.05, 0.1) is 17.8 Å². The summed E-state index contributed by atoms with van der Waals surface area (Å²) in [6.45, 7) is 0.670. The van der Waals surface area contributed by atoms with E-state index in [1.165, 1.54) is 6.07 Å². The molecule has 0 radical (unpaired) electrons. The number of aromatic nitrogens is 4. The summed E-state index contributed by atoms with van der Waals surface area (Å²) < 4.78 is 30.5. The van der Waals surface area contributed by atoms with Crippen LogP contribution in [0.3, 0.4) is 0 Å². The van der Waals surface area contributed by atoms with Crippen LogP contribution in [0.4, 0.5) is 8.78 Å². The molecule has 0 unspecified atom stereocenters. The van der Waals surface area contributed by atoms with Crippen LogP contribution in [-0.4, -0.2) is 24.8 Å². The van der Waals surface area contributed by atoms with E-state index in [0.29, 0.717) is 23.4 Å². The van der Waals surface area contributed by atoms with Gasteiger partial charge in [-0.05, 0) is 48.0 Å². The normalized spacial score (nSPS) is 11.1. The van der Waals surface area contributed by atoms with E-state index in [2.05, 4.69) is 15.3 Å². The Kier molecular flexibility index (Phi) is 5.40. The van der Waals surface area contributed by atoms with Gasteiger partial charge >= 0.3 is 0 Å². The molecule has 0 spiro atoms. The van der Waals surface area contributed by atoms with E-state index in [9.17, 15) is 13.6 Å². The van der Waals surface area contributed by atoms with Gasteiger partial charge in [-0.15, -0.1) is 0 Å². The third kappa shape index (κ3) is 4.23. The molecule has 1 amide bonds. The molecule has 1 aromatic carbocycles. The van der Waals surface area contributed by atoms with Crippen LogP contribution in [0.25, 0.3) is 16.9 Å². The van der Waals surface area contributed by atoms with Gasteiger partial charge in [0.15, 0.2) is 17.3 Å². The fourth-order valence-electron chi connectivity index (χ4n) is 3.67. The molecule has 0 bridgehead atoms. The number of halogens is 2. The van der Waals surface area contributed by atoms with Crippen molar-refractivity contribution in [1.82, 2.24) is 24.3 Å². The standard InChI is InChI=1S/C25H19F2N5O/c26-20-8-7-17(13-21(20)27)14-29-25(33)23-22-6-2-4-11-32(22)24(30-23)18-9-12-31(15-18)16-19-5-1-3-10-28-19/h1-13,15H,14,16H2,(H,29,33). The lowest BCUT2D eigenvalue weighted by Crippen LogP contribution is -2.23. The fourth-order valence-corrected chi connectivity index (χ4v) is 3.67. The van der Waals surface area contributed by atoms with Gasteiger partial charge in [0, 0.05) is 36.9 Å². The summed E-state index contributed by atoms with van der Waals surface area (Å²) in [5.41, 5.74) is 3.15. The number of carbonyl (C=O) groups excluding carboxylic acids is 1. The van der Waals surface area contributed by atoms with E-state index >= 15 is 0 Å². The second-order valence-corrected chi connectivity index (χ2v) is 7.56. The summed E-state index contributed by atoms with van der Waals surface area (Å²) in [5, 5.41) is 2.74. The first-order valence-electron chi connectivity index (χ1n) is 10.3.